The SMILES string of the molecule is CCCCN(C)Cc1nc(NC)c2ccsc2n1. The van der Waals surface area contributed by atoms with Crippen molar-refractivity contribution in [3.05, 3.63) is 17.3 Å². The molecule has 2 aromatic rings. The molecule has 0 spiro atoms. The Labute approximate surface area is 112 Å². The molecule has 0 saturated carbocycles. The van der Waals surface area contributed by atoms with Crippen molar-refractivity contribution in [1.82, 2.24) is 14.9 Å². The molecule has 2 heterocycles. The van der Waals surface area contributed by atoms with E-state index in [4.69, 9.17) is 0 Å². The molecule has 0 aliphatic heterocycles. The lowest BCUT2D eigenvalue weighted by atomic mass is 10.3. The lowest BCUT2D eigenvalue weighted by Gasteiger charge is -2.15. The standard InChI is InChI=1S/C13H20N4S/c1-4-5-7-17(3)9-11-15-12(14-2)10-6-8-18-13(10)16-11/h6,8H,4-5,7,9H2,1-3H3,(H,14,15,16). The Morgan fingerprint density at radius 3 is 2.94 bits per heavy atom. The van der Waals surface area contributed by atoms with Crippen molar-refractivity contribution in [2.75, 3.05) is 26.0 Å². The second kappa shape index (κ2) is 6.11. The first-order chi connectivity index (χ1) is 8.74. The van der Waals surface area contributed by atoms with Crippen LogP contribution in [0.3, 0.4) is 0 Å². The Hall–Kier alpha value is -1.20. The molecule has 2 rings (SSSR count). The maximum Gasteiger partial charge on any atom is 0.146 e. The molecular formula is C13H20N4S. The van der Waals surface area contributed by atoms with Gasteiger partial charge in [0.15, 0.2) is 0 Å². The Bertz CT molecular complexity index is 509. The van der Waals surface area contributed by atoms with Crippen molar-refractivity contribution in [2.24, 2.45) is 0 Å². The smallest absolute Gasteiger partial charge is 0.146 e. The summed E-state index contributed by atoms with van der Waals surface area (Å²) in [7, 11) is 4.03. The summed E-state index contributed by atoms with van der Waals surface area (Å²) >= 11 is 1.67. The summed E-state index contributed by atoms with van der Waals surface area (Å²) in [6, 6.07) is 2.07. The number of anilines is 1. The van der Waals surface area contributed by atoms with E-state index in [2.05, 4.69) is 45.6 Å². The Kier molecular flexibility index (Phi) is 4.49. The van der Waals surface area contributed by atoms with Gasteiger partial charge in [0.2, 0.25) is 0 Å². The van der Waals surface area contributed by atoms with Gasteiger partial charge >= 0.3 is 0 Å². The lowest BCUT2D eigenvalue weighted by molar-refractivity contribution is 0.313. The van der Waals surface area contributed by atoms with E-state index in [-0.39, 0.29) is 0 Å². The van der Waals surface area contributed by atoms with Crippen LogP contribution in [-0.2, 0) is 6.54 Å². The van der Waals surface area contributed by atoms with Crippen molar-refractivity contribution in [3.63, 3.8) is 0 Å². The van der Waals surface area contributed by atoms with Gasteiger partial charge in [0.1, 0.15) is 16.5 Å². The number of hydrogen-bond acceptors (Lipinski definition) is 5. The summed E-state index contributed by atoms with van der Waals surface area (Å²) in [6.45, 7) is 4.11. The van der Waals surface area contributed by atoms with Crippen molar-refractivity contribution in [1.29, 1.82) is 0 Å². The number of aromatic nitrogens is 2. The lowest BCUT2D eigenvalue weighted by Crippen LogP contribution is -2.20. The molecule has 0 aliphatic carbocycles. The number of unbranched alkanes of at least 4 members (excludes halogenated alkanes) is 1. The second-order valence-electron chi connectivity index (χ2n) is 4.47. The predicted molar refractivity (Wildman–Crippen MR) is 78.2 cm³/mol. The second-order valence-corrected chi connectivity index (χ2v) is 5.36. The number of nitrogens with zero attached hydrogens (tertiary/aromatic N) is 3. The fourth-order valence-electron chi connectivity index (χ4n) is 1.91. The highest BCUT2D eigenvalue weighted by atomic mass is 32.1. The van der Waals surface area contributed by atoms with Crippen LogP contribution in [0.5, 0.6) is 0 Å². The predicted octanol–water partition coefficient (Wildman–Crippen LogP) is 2.96. The van der Waals surface area contributed by atoms with E-state index >= 15 is 0 Å². The molecule has 0 radical (unpaired) electrons. The number of rotatable bonds is 6. The van der Waals surface area contributed by atoms with Gasteiger partial charge in [0, 0.05) is 7.05 Å². The molecule has 2 aromatic heterocycles. The van der Waals surface area contributed by atoms with E-state index in [1.165, 1.54) is 12.8 Å². The van der Waals surface area contributed by atoms with Crippen LogP contribution < -0.4 is 5.32 Å². The van der Waals surface area contributed by atoms with Crippen molar-refractivity contribution in [2.45, 2.75) is 26.3 Å². The molecule has 1 N–H and O–H groups in total. The third-order valence-corrected chi connectivity index (χ3v) is 3.72. The van der Waals surface area contributed by atoms with Gasteiger partial charge in [-0.1, -0.05) is 13.3 Å². The van der Waals surface area contributed by atoms with E-state index < -0.39 is 0 Å². The van der Waals surface area contributed by atoms with Crippen LogP contribution in [0.25, 0.3) is 10.2 Å². The summed E-state index contributed by atoms with van der Waals surface area (Å²) in [4.78, 5) is 12.5. The molecule has 0 bridgehead atoms. The van der Waals surface area contributed by atoms with E-state index in [0.717, 1.165) is 34.9 Å². The quantitative estimate of drug-likeness (QED) is 0.871. The number of fused-ring (bicyclic) bond motifs is 1. The molecule has 0 atom stereocenters. The highest BCUT2D eigenvalue weighted by molar-refractivity contribution is 7.16. The zero-order valence-corrected chi connectivity index (χ0v) is 12.0. The van der Waals surface area contributed by atoms with Crippen LogP contribution in [-0.4, -0.2) is 35.5 Å². The molecule has 18 heavy (non-hydrogen) atoms. The van der Waals surface area contributed by atoms with E-state index in [9.17, 15) is 0 Å². The zero-order chi connectivity index (χ0) is 13.0. The summed E-state index contributed by atoms with van der Waals surface area (Å²) in [5, 5.41) is 6.32. The maximum atomic E-state index is 4.62. The average Bonchev–Trinajstić information content (AvgIpc) is 2.83. The summed E-state index contributed by atoms with van der Waals surface area (Å²) < 4.78 is 0. The first kappa shape index (κ1) is 13.2. The first-order valence-corrected chi connectivity index (χ1v) is 7.23. The van der Waals surface area contributed by atoms with Gasteiger partial charge in [0.25, 0.3) is 0 Å². The Morgan fingerprint density at radius 1 is 1.39 bits per heavy atom. The molecule has 98 valence electrons. The van der Waals surface area contributed by atoms with Crippen molar-refractivity contribution >= 4 is 27.4 Å². The Balaban J connectivity index is 2.17. The van der Waals surface area contributed by atoms with E-state index in [1.54, 1.807) is 11.3 Å². The minimum atomic E-state index is 0.808. The molecule has 0 saturated heterocycles. The van der Waals surface area contributed by atoms with Crippen LogP contribution in [0.4, 0.5) is 5.82 Å². The highest BCUT2D eigenvalue weighted by Gasteiger charge is 2.09. The zero-order valence-electron chi connectivity index (χ0n) is 11.2. The normalized spacial score (nSPS) is 11.3. The third-order valence-electron chi connectivity index (χ3n) is 2.91. The van der Waals surface area contributed by atoms with Gasteiger partial charge in [-0.2, -0.15) is 0 Å². The summed E-state index contributed by atoms with van der Waals surface area (Å²) in [5.74, 6) is 1.83. The van der Waals surface area contributed by atoms with Crippen molar-refractivity contribution in [3.8, 4) is 0 Å². The topological polar surface area (TPSA) is 41.1 Å². The molecule has 0 fully saturated rings. The fourth-order valence-corrected chi connectivity index (χ4v) is 2.69. The van der Waals surface area contributed by atoms with E-state index in [1.807, 2.05) is 7.05 Å². The molecule has 0 aromatic carbocycles. The van der Waals surface area contributed by atoms with Crippen LogP contribution >= 0.6 is 11.3 Å². The van der Waals surface area contributed by atoms with E-state index in [0.29, 0.717) is 0 Å². The summed E-state index contributed by atoms with van der Waals surface area (Å²) in [5.41, 5.74) is 0. The number of thiophene rings is 1. The molecular weight excluding hydrogens is 244 g/mol. The Morgan fingerprint density at radius 2 is 2.22 bits per heavy atom. The molecule has 0 unspecified atom stereocenters. The van der Waals surface area contributed by atoms with Crippen LogP contribution in [0, 0.1) is 0 Å². The van der Waals surface area contributed by atoms with Gasteiger partial charge in [0.05, 0.1) is 11.9 Å². The van der Waals surface area contributed by atoms with Gasteiger partial charge in [-0.3, -0.25) is 4.90 Å². The largest absolute Gasteiger partial charge is 0.372 e. The average molecular weight is 264 g/mol. The summed E-state index contributed by atoms with van der Waals surface area (Å²) in [6.07, 6.45) is 2.44. The highest BCUT2D eigenvalue weighted by Crippen LogP contribution is 2.24. The molecule has 0 amide bonds. The monoisotopic (exact) mass is 264 g/mol. The molecule has 4 nitrogen and oxygen atoms in total. The first-order valence-electron chi connectivity index (χ1n) is 6.35. The number of nitrogens with one attached hydrogen (secondary N) is 1. The van der Waals surface area contributed by atoms with Crippen LogP contribution in [0.2, 0.25) is 0 Å². The van der Waals surface area contributed by atoms with Crippen LogP contribution in [0.15, 0.2) is 11.4 Å². The third kappa shape index (κ3) is 2.97. The number of hydrogen-bond donors (Lipinski definition) is 1. The van der Waals surface area contributed by atoms with Gasteiger partial charge in [-0.05, 0) is 31.5 Å². The minimum Gasteiger partial charge on any atom is -0.372 e. The molecule has 0 aliphatic rings. The fraction of sp³-hybridized carbons (Fsp3) is 0.538. The molecule has 5 heteroatoms. The minimum absolute atomic E-state index is 0.808. The van der Waals surface area contributed by atoms with Crippen molar-refractivity contribution < 1.29 is 0 Å². The van der Waals surface area contributed by atoms with Gasteiger partial charge in [-0.25, -0.2) is 9.97 Å². The van der Waals surface area contributed by atoms with Crippen LogP contribution in [0.1, 0.15) is 25.6 Å². The van der Waals surface area contributed by atoms with Gasteiger partial charge in [-0.15, -0.1) is 11.3 Å². The van der Waals surface area contributed by atoms with Gasteiger partial charge < -0.3 is 5.32 Å². The maximum absolute atomic E-state index is 4.62.